The number of aryl methyl sites for hydroxylation is 2. The van der Waals surface area contributed by atoms with Crippen molar-refractivity contribution in [3.8, 4) is 5.75 Å². The van der Waals surface area contributed by atoms with Crippen LogP contribution in [0.3, 0.4) is 0 Å². The number of aromatic amines is 1. The number of rotatable bonds is 6. The van der Waals surface area contributed by atoms with E-state index in [-0.39, 0.29) is 17.1 Å². The van der Waals surface area contributed by atoms with E-state index >= 15 is 0 Å². The molecule has 3 heterocycles. The van der Waals surface area contributed by atoms with Gasteiger partial charge in [0.15, 0.2) is 11.3 Å². The van der Waals surface area contributed by atoms with E-state index in [2.05, 4.69) is 60.8 Å². The normalized spacial score (nSPS) is 16.7. The second kappa shape index (κ2) is 18.4. The zero-order valence-corrected chi connectivity index (χ0v) is 31.4. The molecular formula is C38H35Br2ClF3N3O4. The molecule has 3 N–H and O–H groups in total. The third-order valence-corrected chi connectivity index (χ3v) is 9.10. The van der Waals surface area contributed by atoms with Gasteiger partial charge in [-0.3, -0.25) is 4.79 Å². The quantitative estimate of drug-likeness (QED) is 0.133. The Labute approximate surface area is 315 Å². The summed E-state index contributed by atoms with van der Waals surface area (Å²) in [7, 11) is 0. The molecule has 0 amide bonds. The van der Waals surface area contributed by atoms with Crippen molar-refractivity contribution >= 4 is 43.5 Å². The summed E-state index contributed by atoms with van der Waals surface area (Å²) in [6.07, 6.45) is 5.66. The molecule has 7 nitrogen and oxygen atoms in total. The highest BCUT2D eigenvalue weighted by Crippen LogP contribution is 2.40. The Balaban J connectivity index is 0.000000203. The minimum Gasteiger partial charge on any atom is -0.439 e. The third-order valence-electron chi connectivity index (χ3n) is 7.53. The summed E-state index contributed by atoms with van der Waals surface area (Å²) >= 11 is 12.5. The summed E-state index contributed by atoms with van der Waals surface area (Å²) in [5.74, 6) is 0.0736. The van der Waals surface area contributed by atoms with Crippen molar-refractivity contribution in [1.29, 1.82) is 0 Å². The fraction of sp³-hybridized carbons (Fsp3) is 0.184. The second-order valence-corrected chi connectivity index (χ2v) is 13.4. The number of H-pyrrole nitrogens is 1. The van der Waals surface area contributed by atoms with Crippen molar-refractivity contribution in [1.82, 2.24) is 14.8 Å². The highest BCUT2D eigenvalue weighted by molar-refractivity contribution is 9.11. The number of halogens is 6. The maximum atomic E-state index is 13.1. The van der Waals surface area contributed by atoms with Gasteiger partial charge in [-0.2, -0.15) is 13.2 Å². The van der Waals surface area contributed by atoms with Crippen LogP contribution in [0, 0.1) is 13.8 Å². The molecule has 3 aromatic carbocycles. The van der Waals surface area contributed by atoms with Crippen LogP contribution in [0.1, 0.15) is 27.8 Å². The zero-order chi connectivity index (χ0) is 37.1. The average Bonchev–Trinajstić information content (AvgIpc) is 3.06. The molecule has 0 spiro atoms. The van der Waals surface area contributed by atoms with E-state index in [0.717, 1.165) is 28.3 Å². The average molecular weight is 850 g/mol. The molecule has 0 radical (unpaired) electrons. The van der Waals surface area contributed by atoms with Crippen LogP contribution in [-0.4, -0.2) is 37.2 Å². The SMILES string of the molecule is Cc1ccccc1CN1C=CC(O)C=C1Br.Cc1ccccc1CN1C=CC(O)C=C1Oc1cccc(C(F)(F)F)c1Cl.O=c1cc[nH]c(Br)c1. The Hall–Kier alpha value is -4.07. The molecule has 2 atom stereocenters. The van der Waals surface area contributed by atoms with Gasteiger partial charge in [-0.05, 0) is 98.3 Å². The number of hydrogen-bond acceptors (Lipinski definition) is 6. The number of alkyl halides is 3. The summed E-state index contributed by atoms with van der Waals surface area (Å²) in [6, 6.07) is 22.5. The lowest BCUT2D eigenvalue weighted by Gasteiger charge is -2.28. The van der Waals surface area contributed by atoms with Crippen LogP contribution in [-0.2, 0) is 19.3 Å². The lowest BCUT2D eigenvalue weighted by molar-refractivity contribution is -0.137. The summed E-state index contributed by atoms with van der Waals surface area (Å²) in [4.78, 5) is 17.0. The third kappa shape index (κ3) is 12.0. The lowest BCUT2D eigenvalue weighted by atomic mass is 10.1. The molecular weight excluding hydrogens is 815 g/mol. The van der Waals surface area contributed by atoms with Gasteiger partial charge in [-0.15, -0.1) is 0 Å². The van der Waals surface area contributed by atoms with Gasteiger partial charge in [0.25, 0.3) is 0 Å². The first-order chi connectivity index (χ1) is 24.2. The van der Waals surface area contributed by atoms with E-state index < -0.39 is 29.0 Å². The number of hydrogen-bond donors (Lipinski definition) is 3. The van der Waals surface area contributed by atoms with Gasteiger partial charge < -0.3 is 29.7 Å². The Morgan fingerprint density at radius 3 is 1.92 bits per heavy atom. The maximum Gasteiger partial charge on any atom is 0.417 e. The van der Waals surface area contributed by atoms with Crippen molar-refractivity contribution in [2.75, 3.05) is 0 Å². The van der Waals surface area contributed by atoms with E-state index in [4.69, 9.17) is 16.3 Å². The van der Waals surface area contributed by atoms with Gasteiger partial charge in [0.2, 0.25) is 0 Å². The van der Waals surface area contributed by atoms with E-state index in [1.807, 2.05) is 49.5 Å². The van der Waals surface area contributed by atoms with Crippen molar-refractivity contribution in [3.63, 3.8) is 0 Å². The second-order valence-electron chi connectivity index (χ2n) is 11.4. The molecule has 0 bridgehead atoms. The number of pyridine rings is 1. The molecule has 1 aromatic heterocycles. The highest BCUT2D eigenvalue weighted by Gasteiger charge is 2.34. The number of aliphatic hydroxyl groups excluding tert-OH is 2. The van der Waals surface area contributed by atoms with Crippen LogP contribution in [0.2, 0.25) is 5.02 Å². The van der Waals surface area contributed by atoms with Crippen molar-refractivity contribution < 1.29 is 28.1 Å². The number of benzene rings is 3. The van der Waals surface area contributed by atoms with E-state index in [0.29, 0.717) is 11.1 Å². The molecule has 0 fully saturated rings. The largest absolute Gasteiger partial charge is 0.439 e. The van der Waals surface area contributed by atoms with Crippen molar-refractivity contribution in [2.24, 2.45) is 0 Å². The van der Waals surface area contributed by atoms with Crippen molar-refractivity contribution in [3.05, 3.63) is 180 Å². The maximum absolute atomic E-state index is 13.1. The Morgan fingerprint density at radius 1 is 0.824 bits per heavy atom. The van der Waals surface area contributed by atoms with Crippen molar-refractivity contribution in [2.45, 2.75) is 45.3 Å². The molecule has 4 aromatic rings. The molecule has 2 aliphatic heterocycles. The molecule has 2 aliphatic rings. The van der Waals surface area contributed by atoms with E-state index in [1.54, 1.807) is 35.5 Å². The van der Waals surface area contributed by atoms with Crippen LogP contribution in [0.5, 0.6) is 5.75 Å². The minimum atomic E-state index is -4.59. The standard InChI is InChI=1S/C20H17ClF3NO2.C13H14BrNO.C5H4BrNO/c1-13-5-2-3-6-14(13)12-25-10-9-15(26)11-18(25)27-17-8-4-7-16(19(17)21)20(22,23)24;1-10-4-2-3-5-11(10)9-15-7-6-12(16)8-13(15)14;6-5-3-4(8)1-2-7-5/h2-11,15,26H,12H2,1H3;2-8,12,16H,9H2,1H3;1-3H,(H,7,8). The van der Waals surface area contributed by atoms with Gasteiger partial charge in [-0.25, -0.2) is 0 Å². The van der Waals surface area contributed by atoms with Gasteiger partial charge in [0.1, 0.15) is 5.75 Å². The van der Waals surface area contributed by atoms with Crippen LogP contribution < -0.4 is 10.2 Å². The van der Waals surface area contributed by atoms with Crippen LogP contribution >= 0.6 is 43.5 Å². The van der Waals surface area contributed by atoms with Gasteiger partial charge in [0, 0.05) is 43.4 Å². The summed E-state index contributed by atoms with van der Waals surface area (Å²) in [6.45, 7) is 5.31. The van der Waals surface area contributed by atoms with E-state index in [9.17, 15) is 28.2 Å². The number of nitrogens with zero attached hydrogens (tertiary/aromatic N) is 2. The Kier molecular flexibility index (Phi) is 14.4. The molecule has 2 unspecified atom stereocenters. The molecule has 268 valence electrons. The van der Waals surface area contributed by atoms with Crippen LogP contribution in [0.25, 0.3) is 0 Å². The lowest BCUT2D eigenvalue weighted by Crippen LogP contribution is -2.26. The fourth-order valence-corrected chi connectivity index (χ4v) is 5.90. The minimum absolute atomic E-state index is 0.00984. The van der Waals surface area contributed by atoms with Gasteiger partial charge in [0.05, 0.1) is 38.5 Å². The first kappa shape index (κ1) is 39.7. The number of aliphatic hydroxyl groups is 2. The van der Waals surface area contributed by atoms with Gasteiger partial charge >= 0.3 is 6.18 Å². The van der Waals surface area contributed by atoms with Crippen LogP contribution in [0.4, 0.5) is 13.2 Å². The highest BCUT2D eigenvalue weighted by atomic mass is 79.9. The number of aromatic nitrogens is 1. The fourth-order valence-electron chi connectivity index (χ4n) is 4.75. The first-order valence-electron chi connectivity index (χ1n) is 15.5. The van der Waals surface area contributed by atoms with Gasteiger partial charge in [-0.1, -0.05) is 66.2 Å². The topological polar surface area (TPSA) is 89.0 Å². The predicted molar refractivity (Wildman–Crippen MR) is 201 cm³/mol. The number of nitrogens with one attached hydrogen (secondary N) is 1. The molecule has 51 heavy (non-hydrogen) atoms. The van der Waals surface area contributed by atoms with Crippen LogP contribution in [0.15, 0.2) is 142 Å². The molecule has 0 saturated heterocycles. The first-order valence-corrected chi connectivity index (χ1v) is 17.5. The monoisotopic (exact) mass is 847 g/mol. The zero-order valence-electron chi connectivity index (χ0n) is 27.5. The smallest absolute Gasteiger partial charge is 0.417 e. The molecule has 13 heteroatoms. The van der Waals surface area contributed by atoms with E-state index in [1.165, 1.54) is 41.5 Å². The number of ether oxygens (including phenoxy) is 1. The Morgan fingerprint density at radius 2 is 1.39 bits per heavy atom. The molecule has 0 aliphatic carbocycles. The summed E-state index contributed by atoms with van der Waals surface area (Å²) in [5.41, 5.74) is 3.68. The summed E-state index contributed by atoms with van der Waals surface area (Å²) < 4.78 is 46.5. The Bertz CT molecular complexity index is 1980. The molecule has 6 rings (SSSR count). The predicted octanol–water partition coefficient (Wildman–Crippen LogP) is 9.34. The molecule has 0 saturated carbocycles. The summed E-state index contributed by atoms with van der Waals surface area (Å²) in [5, 5.41) is 18.7.